The smallest absolute Gasteiger partial charge is 0.313 e. The van der Waals surface area contributed by atoms with E-state index in [9.17, 15) is 9.59 Å². The van der Waals surface area contributed by atoms with Gasteiger partial charge in [-0.2, -0.15) is 0 Å². The molecule has 0 aromatic rings. The van der Waals surface area contributed by atoms with E-state index in [1.807, 2.05) is 0 Å². The van der Waals surface area contributed by atoms with Crippen molar-refractivity contribution in [3.63, 3.8) is 0 Å². The standard InChI is InChI=1S/C11H19NO5/c1-10(2,16-4)8(13)12-7-5-17-6-11(7,3)9(14)15/h7H,5-6H2,1-4H3,(H,12,13)(H,14,15). The lowest BCUT2D eigenvalue weighted by molar-refractivity contribution is -0.150. The Balaban J connectivity index is 2.75. The van der Waals surface area contributed by atoms with E-state index in [1.54, 1.807) is 20.8 Å². The topological polar surface area (TPSA) is 84.9 Å². The van der Waals surface area contributed by atoms with E-state index in [1.165, 1.54) is 7.11 Å². The first-order valence-electron chi connectivity index (χ1n) is 5.41. The van der Waals surface area contributed by atoms with E-state index in [-0.39, 0.29) is 19.1 Å². The monoisotopic (exact) mass is 245 g/mol. The maximum absolute atomic E-state index is 11.9. The molecule has 2 atom stereocenters. The third-order valence-corrected chi connectivity index (χ3v) is 3.31. The first kappa shape index (κ1) is 13.9. The second-order valence-corrected chi connectivity index (χ2v) is 4.98. The summed E-state index contributed by atoms with van der Waals surface area (Å²) in [5.41, 5.74) is -2.07. The number of methoxy groups -OCH3 is 1. The number of carboxylic acids is 1. The Bertz CT molecular complexity index is 328. The van der Waals surface area contributed by atoms with Gasteiger partial charge < -0.3 is 19.9 Å². The van der Waals surface area contributed by atoms with Crippen LogP contribution in [0.4, 0.5) is 0 Å². The van der Waals surface area contributed by atoms with Crippen LogP contribution < -0.4 is 5.32 Å². The fourth-order valence-corrected chi connectivity index (χ4v) is 1.51. The summed E-state index contributed by atoms with van der Waals surface area (Å²) in [5.74, 6) is -1.32. The largest absolute Gasteiger partial charge is 0.481 e. The highest BCUT2D eigenvalue weighted by Crippen LogP contribution is 2.29. The van der Waals surface area contributed by atoms with E-state index >= 15 is 0 Å². The first-order chi connectivity index (χ1) is 7.74. The summed E-state index contributed by atoms with van der Waals surface area (Å²) in [5, 5.41) is 11.8. The average Bonchev–Trinajstić information content (AvgIpc) is 2.61. The Morgan fingerprint density at radius 2 is 2.12 bits per heavy atom. The quantitative estimate of drug-likeness (QED) is 0.729. The Morgan fingerprint density at radius 3 is 2.59 bits per heavy atom. The lowest BCUT2D eigenvalue weighted by Crippen LogP contribution is -2.55. The fourth-order valence-electron chi connectivity index (χ4n) is 1.51. The molecule has 2 N–H and O–H groups in total. The van der Waals surface area contributed by atoms with Gasteiger partial charge in [0.05, 0.1) is 19.3 Å². The van der Waals surface area contributed by atoms with E-state index in [0.717, 1.165) is 0 Å². The summed E-state index contributed by atoms with van der Waals surface area (Å²) in [7, 11) is 1.43. The second kappa shape index (κ2) is 4.62. The molecule has 0 aromatic heterocycles. The molecule has 1 fully saturated rings. The van der Waals surface area contributed by atoms with Gasteiger partial charge in [0.1, 0.15) is 11.0 Å². The number of carbonyl (C=O) groups is 2. The molecule has 0 aromatic carbocycles. The lowest BCUT2D eigenvalue weighted by atomic mass is 9.85. The van der Waals surface area contributed by atoms with Crippen molar-refractivity contribution in [1.29, 1.82) is 0 Å². The minimum atomic E-state index is -1.08. The van der Waals surface area contributed by atoms with E-state index in [2.05, 4.69) is 5.32 Å². The number of amides is 1. The summed E-state index contributed by atoms with van der Waals surface area (Å²) < 4.78 is 10.2. The van der Waals surface area contributed by atoms with Crippen molar-refractivity contribution in [2.45, 2.75) is 32.4 Å². The number of ether oxygens (including phenoxy) is 2. The van der Waals surface area contributed by atoms with Crippen molar-refractivity contribution in [1.82, 2.24) is 5.32 Å². The lowest BCUT2D eigenvalue weighted by Gasteiger charge is -2.29. The second-order valence-electron chi connectivity index (χ2n) is 4.98. The number of hydrogen-bond acceptors (Lipinski definition) is 4. The van der Waals surface area contributed by atoms with Crippen molar-refractivity contribution in [3.05, 3.63) is 0 Å². The van der Waals surface area contributed by atoms with Crippen LogP contribution in [0.3, 0.4) is 0 Å². The molecule has 0 bridgehead atoms. The van der Waals surface area contributed by atoms with Crippen LogP contribution in [0.25, 0.3) is 0 Å². The summed E-state index contributed by atoms with van der Waals surface area (Å²) in [6, 6.07) is -0.540. The molecule has 1 aliphatic rings. The molecule has 1 saturated heterocycles. The molecular weight excluding hydrogens is 226 g/mol. The van der Waals surface area contributed by atoms with Gasteiger partial charge in [-0.25, -0.2) is 0 Å². The van der Waals surface area contributed by atoms with E-state index in [0.29, 0.717) is 0 Å². The molecule has 0 radical (unpaired) electrons. The average molecular weight is 245 g/mol. The number of rotatable bonds is 4. The molecule has 1 amide bonds. The maximum atomic E-state index is 11.9. The van der Waals surface area contributed by atoms with Crippen molar-refractivity contribution < 1.29 is 24.2 Å². The zero-order chi connectivity index (χ0) is 13.3. The van der Waals surface area contributed by atoms with Gasteiger partial charge in [-0.15, -0.1) is 0 Å². The highest BCUT2D eigenvalue weighted by atomic mass is 16.5. The Labute approximate surface area is 100 Å². The molecule has 1 heterocycles. The van der Waals surface area contributed by atoms with Gasteiger partial charge in [-0.05, 0) is 20.8 Å². The zero-order valence-electron chi connectivity index (χ0n) is 10.6. The number of aliphatic carboxylic acids is 1. The normalized spacial score (nSPS) is 29.1. The van der Waals surface area contributed by atoms with E-state index < -0.39 is 23.0 Å². The third kappa shape index (κ3) is 2.58. The van der Waals surface area contributed by atoms with Gasteiger partial charge in [0, 0.05) is 7.11 Å². The molecule has 0 saturated carbocycles. The molecule has 17 heavy (non-hydrogen) atoms. The van der Waals surface area contributed by atoms with Crippen molar-refractivity contribution in [2.24, 2.45) is 5.41 Å². The van der Waals surface area contributed by atoms with Gasteiger partial charge in [0.15, 0.2) is 0 Å². The highest BCUT2D eigenvalue weighted by molar-refractivity contribution is 5.86. The molecule has 1 aliphatic heterocycles. The van der Waals surface area contributed by atoms with Crippen LogP contribution in [0, 0.1) is 5.41 Å². The number of carboxylic acid groups (broad SMARTS) is 1. The van der Waals surface area contributed by atoms with Crippen LogP contribution in [0.1, 0.15) is 20.8 Å². The molecule has 6 heteroatoms. The first-order valence-corrected chi connectivity index (χ1v) is 5.41. The maximum Gasteiger partial charge on any atom is 0.313 e. The fraction of sp³-hybridized carbons (Fsp3) is 0.818. The number of carbonyl (C=O) groups excluding carboxylic acids is 1. The summed E-state index contributed by atoms with van der Waals surface area (Å²) >= 11 is 0. The van der Waals surface area contributed by atoms with Gasteiger partial charge >= 0.3 is 5.97 Å². The van der Waals surface area contributed by atoms with Crippen LogP contribution >= 0.6 is 0 Å². The van der Waals surface area contributed by atoms with Gasteiger partial charge in [0.25, 0.3) is 5.91 Å². The Kier molecular flexibility index (Phi) is 3.78. The van der Waals surface area contributed by atoms with Gasteiger partial charge in [0.2, 0.25) is 0 Å². The Morgan fingerprint density at radius 1 is 1.53 bits per heavy atom. The van der Waals surface area contributed by atoms with Crippen LogP contribution in [0.15, 0.2) is 0 Å². The van der Waals surface area contributed by atoms with Crippen molar-refractivity contribution in [2.75, 3.05) is 20.3 Å². The summed E-state index contributed by atoms with van der Waals surface area (Å²) in [6.45, 7) is 5.11. The molecule has 2 unspecified atom stereocenters. The molecule has 1 rings (SSSR count). The third-order valence-electron chi connectivity index (χ3n) is 3.31. The molecule has 0 spiro atoms. The van der Waals surface area contributed by atoms with Crippen molar-refractivity contribution in [3.8, 4) is 0 Å². The van der Waals surface area contributed by atoms with Crippen LogP contribution in [-0.2, 0) is 19.1 Å². The minimum absolute atomic E-state index is 0.0979. The predicted molar refractivity (Wildman–Crippen MR) is 59.6 cm³/mol. The summed E-state index contributed by atoms with van der Waals surface area (Å²) in [4.78, 5) is 23.0. The molecule has 6 nitrogen and oxygen atoms in total. The number of hydrogen-bond donors (Lipinski definition) is 2. The minimum Gasteiger partial charge on any atom is -0.481 e. The van der Waals surface area contributed by atoms with Crippen molar-refractivity contribution >= 4 is 11.9 Å². The molecular formula is C11H19NO5. The summed E-state index contributed by atoms with van der Waals surface area (Å²) in [6.07, 6.45) is 0. The number of nitrogens with one attached hydrogen (secondary N) is 1. The molecule has 0 aliphatic carbocycles. The SMILES string of the molecule is COC(C)(C)C(=O)NC1COCC1(C)C(=O)O. The highest BCUT2D eigenvalue weighted by Gasteiger charge is 2.48. The zero-order valence-corrected chi connectivity index (χ0v) is 10.6. The molecule has 98 valence electrons. The van der Waals surface area contributed by atoms with Crippen LogP contribution in [0.2, 0.25) is 0 Å². The van der Waals surface area contributed by atoms with Crippen LogP contribution in [-0.4, -0.2) is 48.9 Å². The Hall–Kier alpha value is -1.14. The van der Waals surface area contributed by atoms with E-state index in [4.69, 9.17) is 14.6 Å². The van der Waals surface area contributed by atoms with Crippen LogP contribution in [0.5, 0.6) is 0 Å². The van der Waals surface area contributed by atoms with Gasteiger partial charge in [-0.3, -0.25) is 9.59 Å². The van der Waals surface area contributed by atoms with Gasteiger partial charge in [-0.1, -0.05) is 0 Å². The predicted octanol–water partition coefficient (Wildman–Crippen LogP) is 0.0173.